The number of rotatable bonds is 5. The first-order chi connectivity index (χ1) is 5.24. The van der Waals surface area contributed by atoms with Crippen LogP contribution in [0.2, 0.25) is 0 Å². The third-order valence-electron chi connectivity index (χ3n) is 2.25. The van der Waals surface area contributed by atoms with Crippen LogP contribution in [0.4, 0.5) is 0 Å². The molecule has 1 saturated carbocycles. The van der Waals surface area contributed by atoms with Crippen molar-refractivity contribution in [2.75, 3.05) is 7.11 Å². The number of nitrogens with two attached hydrogens (primary N) is 1. The van der Waals surface area contributed by atoms with E-state index in [2.05, 4.69) is 0 Å². The van der Waals surface area contributed by atoms with E-state index in [9.17, 15) is 0 Å². The average molecular weight is 159 g/mol. The van der Waals surface area contributed by atoms with E-state index in [0.717, 1.165) is 12.3 Å². The van der Waals surface area contributed by atoms with Gasteiger partial charge in [-0.3, -0.25) is 0 Å². The smallest absolute Gasteiger partial charge is 0.154 e. The normalized spacial score (nSPS) is 23.2. The van der Waals surface area contributed by atoms with Gasteiger partial charge in [0.05, 0.1) is 0 Å². The molecule has 11 heavy (non-hydrogen) atoms. The minimum absolute atomic E-state index is 0.278. The Kier molecular flexibility index (Phi) is 3.30. The summed E-state index contributed by atoms with van der Waals surface area (Å²) < 4.78 is 4.70. The molecular weight excluding hydrogens is 142 g/mol. The van der Waals surface area contributed by atoms with Gasteiger partial charge in [-0.25, -0.2) is 0 Å². The van der Waals surface area contributed by atoms with Crippen molar-refractivity contribution in [3.05, 3.63) is 0 Å². The summed E-state index contributed by atoms with van der Waals surface area (Å²) in [5.74, 6) is 0.721. The van der Waals surface area contributed by atoms with Crippen molar-refractivity contribution < 1.29 is 9.84 Å². The maximum absolute atomic E-state index is 9.03. The van der Waals surface area contributed by atoms with Crippen LogP contribution in [0.3, 0.4) is 0 Å². The number of hydrogen-bond acceptors (Lipinski definition) is 3. The van der Waals surface area contributed by atoms with Gasteiger partial charge in [0.15, 0.2) is 6.29 Å². The van der Waals surface area contributed by atoms with Crippen LogP contribution in [0.25, 0.3) is 0 Å². The molecule has 0 aromatic rings. The van der Waals surface area contributed by atoms with Crippen LogP contribution in [0.15, 0.2) is 0 Å². The molecule has 0 bridgehead atoms. The maximum Gasteiger partial charge on any atom is 0.154 e. The Hall–Kier alpha value is -0.120. The number of methoxy groups -OCH3 is 1. The second-order valence-electron chi connectivity index (χ2n) is 3.27. The molecule has 0 aromatic heterocycles. The van der Waals surface area contributed by atoms with Crippen molar-refractivity contribution in [3.63, 3.8) is 0 Å². The molecule has 0 radical (unpaired) electrons. The molecule has 66 valence electrons. The molecule has 3 heteroatoms. The summed E-state index contributed by atoms with van der Waals surface area (Å²) in [4.78, 5) is 0. The first kappa shape index (κ1) is 8.97. The van der Waals surface area contributed by atoms with Crippen LogP contribution in [0.1, 0.15) is 25.7 Å². The van der Waals surface area contributed by atoms with Crippen LogP contribution in [-0.2, 0) is 4.74 Å². The summed E-state index contributed by atoms with van der Waals surface area (Å²) in [5, 5.41) is 9.03. The highest BCUT2D eigenvalue weighted by Crippen LogP contribution is 2.33. The molecule has 1 aliphatic carbocycles. The van der Waals surface area contributed by atoms with Crippen molar-refractivity contribution >= 4 is 0 Å². The van der Waals surface area contributed by atoms with Crippen LogP contribution >= 0.6 is 0 Å². The number of aliphatic hydroxyl groups excluding tert-OH is 1. The molecule has 3 N–H and O–H groups in total. The average Bonchev–Trinajstić information content (AvgIpc) is 2.81. The molecule has 1 rings (SSSR count). The lowest BCUT2D eigenvalue weighted by molar-refractivity contribution is -0.0800. The molecule has 1 aliphatic rings. The third kappa shape index (κ3) is 3.18. The minimum Gasteiger partial charge on any atom is -0.368 e. The van der Waals surface area contributed by atoms with Gasteiger partial charge in [0.2, 0.25) is 0 Å². The summed E-state index contributed by atoms with van der Waals surface area (Å²) in [5.41, 5.74) is 5.82. The zero-order valence-corrected chi connectivity index (χ0v) is 6.99. The van der Waals surface area contributed by atoms with Crippen LogP contribution in [0.5, 0.6) is 0 Å². The fraction of sp³-hybridized carbons (Fsp3) is 1.00. The van der Waals surface area contributed by atoms with E-state index in [1.165, 1.54) is 20.0 Å². The molecule has 1 fully saturated rings. The van der Waals surface area contributed by atoms with E-state index in [4.69, 9.17) is 15.6 Å². The monoisotopic (exact) mass is 159 g/mol. The zero-order chi connectivity index (χ0) is 8.27. The Morgan fingerprint density at radius 1 is 1.55 bits per heavy atom. The van der Waals surface area contributed by atoms with Crippen molar-refractivity contribution in [1.82, 2.24) is 0 Å². The van der Waals surface area contributed by atoms with E-state index >= 15 is 0 Å². The minimum atomic E-state index is -0.625. The second kappa shape index (κ2) is 4.04. The molecule has 0 aromatic carbocycles. The molecule has 2 atom stereocenters. The molecule has 1 unspecified atom stereocenters. The Bertz CT molecular complexity index is 115. The van der Waals surface area contributed by atoms with Crippen LogP contribution in [0, 0.1) is 5.92 Å². The van der Waals surface area contributed by atoms with Gasteiger partial charge in [0.25, 0.3) is 0 Å². The second-order valence-corrected chi connectivity index (χ2v) is 3.27. The molecule has 0 saturated heterocycles. The first-order valence-corrected chi connectivity index (χ1v) is 4.20. The lowest BCUT2D eigenvalue weighted by Crippen LogP contribution is -2.24. The first-order valence-electron chi connectivity index (χ1n) is 4.20. The standard InChI is InChI=1S/C8H17NO2/c1-11-8(10)5-4-7(9)6-2-3-6/h6-8,10H,2-5,9H2,1H3/t7-,8?/m1/s1. The van der Waals surface area contributed by atoms with Gasteiger partial charge in [-0.05, 0) is 31.6 Å². The van der Waals surface area contributed by atoms with Crippen molar-refractivity contribution in [2.24, 2.45) is 11.7 Å². The van der Waals surface area contributed by atoms with Crippen molar-refractivity contribution in [1.29, 1.82) is 0 Å². The van der Waals surface area contributed by atoms with Crippen LogP contribution in [-0.4, -0.2) is 24.5 Å². The summed E-state index contributed by atoms with van der Waals surface area (Å²) in [7, 11) is 1.51. The Balaban J connectivity index is 2.00. The fourth-order valence-corrected chi connectivity index (χ4v) is 1.21. The maximum atomic E-state index is 9.03. The number of aliphatic hydroxyl groups is 1. The summed E-state index contributed by atoms with van der Waals surface area (Å²) in [6, 6.07) is 0.278. The van der Waals surface area contributed by atoms with E-state index in [1.807, 2.05) is 0 Å². The van der Waals surface area contributed by atoms with Crippen LogP contribution < -0.4 is 5.73 Å². The Morgan fingerprint density at radius 2 is 2.18 bits per heavy atom. The quantitative estimate of drug-likeness (QED) is 0.573. The van der Waals surface area contributed by atoms with Gasteiger partial charge >= 0.3 is 0 Å². The zero-order valence-electron chi connectivity index (χ0n) is 6.99. The topological polar surface area (TPSA) is 55.5 Å². The van der Waals surface area contributed by atoms with Crippen molar-refractivity contribution in [3.8, 4) is 0 Å². The molecular formula is C8H17NO2. The predicted octanol–water partition coefficient (Wildman–Crippen LogP) is 0.469. The predicted molar refractivity (Wildman–Crippen MR) is 42.9 cm³/mol. The molecule has 0 aliphatic heterocycles. The summed E-state index contributed by atoms with van der Waals surface area (Å²) in [6.45, 7) is 0. The molecule has 3 nitrogen and oxygen atoms in total. The molecule has 0 heterocycles. The van der Waals surface area contributed by atoms with Gasteiger partial charge in [0.1, 0.15) is 0 Å². The highest BCUT2D eigenvalue weighted by atomic mass is 16.6. The lowest BCUT2D eigenvalue weighted by Gasteiger charge is -2.12. The van der Waals surface area contributed by atoms with Gasteiger partial charge in [-0.15, -0.1) is 0 Å². The van der Waals surface area contributed by atoms with Gasteiger partial charge in [-0.2, -0.15) is 0 Å². The lowest BCUT2D eigenvalue weighted by atomic mass is 10.1. The van der Waals surface area contributed by atoms with Gasteiger partial charge in [-0.1, -0.05) is 0 Å². The number of hydrogen-bond donors (Lipinski definition) is 2. The SMILES string of the molecule is COC(O)CC[C@@H](N)C1CC1. The number of ether oxygens (including phenoxy) is 1. The van der Waals surface area contributed by atoms with E-state index in [0.29, 0.717) is 6.42 Å². The summed E-state index contributed by atoms with van der Waals surface area (Å²) in [6.07, 6.45) is 3.45. The van der Waals surface area contributed by atoms with Gasteiger partial charge in [0, 0.05) is 13.2 Å². The molecule has 0 spiro atoms. The third-order valence-corrected chi connectivity index (χ3v) is 2.25. The van der Waals surface area contributed by atoms with E-state index in [1.54, 1.807) is 0 Å². The Morgan fingerprint density at radius 3 is 2.64 bits per heavy atom. The van der Waals surface area contributed by atoms with Gasteiger partial charge < -0.3 is 15.6 Å². The van der Waals surface area contributed by atoms with Crippen molar-refractivity contribution in [2.45, 2.75) is 38.0 Å². The summed E-state index contributed by atoms with van der Waals surface area (Å²) >= 11 is 0. The highest BCUT2D eigenvalue weighted by molar-refractivity contribution is 4.83. The largest absolute Gasteiger partial charge is 0.368 e. The van der Waals surface area contributed by atoms with E-state index < -0.39 is 6.29 Å². The van der Waals surface area contributed by atoms with E-state index in [-0.39, 0.29) is 6.04 Å². The molecule has 0 amide bonds. The highest BCUT2D eigenvalue weighted by Gasteiger charge is 2.28. The Labute approximate surface area is 67.5 Å². The fourth-order valence-electron chi connectivity index (χ4n) is 1.21.